The van der Waals surface area contributed by atoms with Crippen molar-refractivity contribution >= 4 is 28.6 Å². The molecule has 1 aromatic rings. The first-order chi connectivity index (χ1) is 7.22. The van der Waals surface area contributed by atoms with Gasteiger partial charge in [0.25, 0.3) is 0 Å². The van der Waals surface area contributed by atoms with E-state index < -0.39 is 0 Å². The normalized spacial score (nSPS) is 9.67. The fraction of sp³-hybridized carbons (Fsp3) is 0.250. The Balaban J connectivity index is 2.33. The molecule has 0 spiro atoms. The molecule has 0 aliphatic carbocycles. The van der Waals surface area contributed by atoms with Gasteiger partial charge in [-0.1, -0.05) is 24.8 Å². The SMILES string of the molecule is C=CCOC(=O)CCc1ccc(I)cc1. The van der Waals surface area contributed by atoms with Crippen molar-refractivity contribution in [3.8, 4) is 0 Å². The van der Waals surface area contributed by atoms with Crippen LogP contribution >= 0.6 is 22.6 Å². The Morgan fingerprint density at radius 3 is 2.67 bits per heavy atom. The zero-order valence-electron chi connectivity index (χ0n) is 8.41. The van der Waals surface area contributed by atoms with Crippen molar-refractivity contribution in [3.63, 3.8) is 0 Å². The maximum Gasteiger partial charge on any atom is 0.306 e. The molecule has 15 heavy (non-hydrogen) atoms. The van der Waals surface area contributed by atoms with Crippen LogP contribution in [-0.4, -0.2) is 12.6 Å². The molecule has 0 radical (unpaired) electrons. The summed E-state index contributed by atoms with van der Waals surface area (Å²) in [6.07, 6.45) is 2.73. The van der Waals surface area contributed by atoms with E-state index in [4.69, 9.17) is 4.74 Å². The van der Waals surface area contributed by atoms with Crippen LogP contribution in [0.25, 0.3) is 0 Å². The molecule has 0 N–H and O–H groups in total. The molecule has 80 valence electrons. The van der Waals surface area contributed by atoms with E-state index in [1.807, 2.05) is 24.3 Å². The fourth-order valence-electron chi connectivity index (χ4n) is 1.12. The van der Waals surface area contributed by atoms with Crippen molar-refractivity contribution < 1.29 is 9.53 Å². The monoisotopic (exact) mass is 316 g/mol. The van der Waals surface area contributed by atoms with Gasteiger partial charge in [0.2, 0.25) is 0 Å². The molecule has 0 heterocycles. The van der Waals surface area contributed by atoms with Crippen LogP contribution in [0.3, 0.4) is 0 Å². The number of carbonyl (C=O) groups is 1. The second-order valence-electron chi connectivity index (χ2n) is 3.10. The smallest absolute Gasteiger partial charge is 0.306 e. The predicted molar refractivity (Wildman–Crippen MR) is 68.6 cm³/mol. The van der Waals surface area contributed by atoms with Crippen LogP contribution < -0.4 is 0 Å². The minimum atomic E-state index is -0.173. The molecule has 0 unspecified atom stereocenters. The summed E-state index contributed by atoms with van der Waals surface area (Å²) in [6.45, 7) is 3.78. The van der Waals surface area contributed by atoms with Crippen LogP contribution in [0.5, 0.6) is 0 Å². The van der Waals surface area contributed by atoms with Crippen LogP contribution in [0.15, 0.2) is 36.9 Å². The highest BCUT2D eigenvalue weighted by Crippen LogP contribution is 2.08. The number of aryl methyl sites for hydroxylation is 1. The Kier molecular flexibility index (Phi) is 5.39. The van der Waals surface area contributed by atoms with Crippen molar-refractivity contribution in [1.29, 1.82) is 0 Å². The van der Waals surface area contributed by atoms with E-state index in [9.17, 15) is 4.79 Å². The molecule has 2 nitrogen and oxygen atoms in total. The topological polar surface area (TPSA) is 26.3 Å². The molecule has 0 fully saturated rings. The highest BCUT2D eigenvalue weighted by atomic mass is 127. The van der Waals surface area contributed by atoms with Gasteiger partial charge < -0.3 is 4.74 Å². The fourth-order valence-corrected chi connectivity index (χ4v) is 1.48. The van der Waals surface area contributed by atoms with Crippen molar-refractivity contribution in [2.75, 3.05) is 6.61 Å². The summed E-state index contributed by atoms with van der Waals surface area (Å²) in [6, 6.07) is 8.13. The summed E-state index contributed by atoms with van der Waals surface area (Å²) in [4.78, 5) is 11.2. The first kappa shape index (κ1) is 12.2. The molecule has 0 aliphatic rings. The summed E-state index contributed by atoms with van der Waals surface area (Å²) in [5, 5.41) is 0. The summed E-state index contributed by atoms with van der Waals surface area (Å²) in [5.41, 5.74) is 1.16. The van der Waals surface area contributed by atoms with E-state index in [1.165, 1.54) is 3.57 Å². The Labute approximate surface area is 103 Å². The number of rotatable bonds is 5. The van der Waals surface area contributed by atoms with Crippen LogP contribution in [0.1, 0.15) is 12.0 Å². The van der Waals surface area contributed by atoms with Crippen molar-refractivity contribution in [3.05, 3.63) is 46.1 Å². The number of benzene rings is 1. The van der Waals surface area contributed by atoms with Crippen LogP contribution in [0.4, 0.5) is 0 Å². The number of esters is 1. The van der Waals surface area contributed by atoms with E-state index in [0.717, 1.165) is 12.0 Å². The predicted octanol–water partition coefficient (Wildman–Crippen LogP) is 2.95. The molecule has 0 aromatic heterocycles. The maximum absolute atomic E-state index is 11.2. The standard InChI is InChI=1S/C12H13IO2/c1-2-9-15-12(14)8-5-10-3-6-11(13)7-4-10/h2-4,6-7H,1,5,8-9H2. The average Bonchev–Trinajstić information content (AvgIpc) is 2.25. The third kappa shape index (κ3) is 4.97. The Morgan fingerprint density at radius 1 is 1.40 bits per heavy atom. The van der Waals surface area contributed by atoms with Gasteiger partial charge in [-0.3, -0.25) is 4.79 Å². The Bertz CT molecular complexity index is 330. The highest BCUT2D eigenvalue weighted by molar-refractivity contribution is 14.1. The molecular weight excluding hydrogens is 303 g/mol. The number of hydrogen-bond acceptors (Lipinski definition) is 2. The summed E-state index contributed by atoms with van der Waals surface area (Å²) < 4.78 is 6.08. The van der Waals surface area contributed by atoms with Gasteiger partial charge >= 0.3 is 5.97 Å². The lowest BCUT2D eigenvalue weighted by atomic mass is 10.1. The van der Waals surface area contributed by atoms with Crippen molar-refractivity contribution in [2.45, 2.75) is 12.8 Å². The zero-order valence-corrected chi connectivity index (χ0v) is 10.6. The zero-order chi connectivity index (χ0) is 11.1. The summed E-state index contributed by atoms with van der Waals surface area (Å²) in [5.74, 6) is -0.173. The quantitative estimate of drug-likeness (QED) is 0.474. The third-order valence-corrected chi connectivity index (χ3v) is 2.61. The van der Waals surface area contributed by atoms with Gasteiger partial charge in [0.15, 0.2) is 0 Å². The second kappa shape index (κ2) is 6.61. The number of hydrogen-bond donors (Lipinski definition) is 0. The summed E-state index contributed by atoms with van der Waals surface area (Å²) >= 11 is 2.25. The van der Waals surface area contributed by atoms with Gasteiger partial charge in [-0.05, 0) is 46.7 Å². The van der Waals surface area contributed by atoms with E-state index in [1.54, 1.807) is 6.08 Å². The van der Waals surface area contributed by atoms with Gasteiger partial charge in [0.1, 0.15) is 6.61 Å². The molecule has 1 rings (SSSR count). The van der Waals surface area contributed by atoms with Crippen LogP contribution in [0.2, 0.25) is 0 Å². The molecule has 0 atom stereocenters. The van der Waals surface area contributed by atoms with Gasteiger partial charge in [-0.15, -0.1) is 0 Å². The van der Waals surface area contributed by atoms with Gasteiger partial charge in [-0.25, -0.2) is 0 Å². The van der Waals surface area contributed by atoms with E-state index >= 15 is 0 Å². The molecule has 3 heteroatoms. The number of halogens is 1. The second-order valence-corrected chi connectivity index (χ2v) is 4.34. The Morgan fingerprint density at radius 2 is 2.07 bits per heavy atom. The molecule has 1 aromatic carbocycles. The third-order valence-electron chi connectivity index (χ3n) is 1.89. The van der Waals surface area contributed by atoms with Crippen molar-refractivity contribution in [1.82, 2.24) is 0 Å². The van der Waals surface area contributed by atoms with Crippen LogP contribution in [0, 0.1) is 3.57 Å². The summed E-state index contributed by atoms with van der Waals surface area (Å²) in [7, 11) is 0. The van der Waals surface area contributed by atoms with E-state index in [2.05, 4.69) is 29.2 Å². The van der Waals surface area contributed by atoms with Gasteiger partial charge in [0, 0.05) is 9.99 Å². The average molecular weight is 316 g/mol. The van der Waals surface area contributed by atoms with Crippen LogP contribution in [-0.2, 0) is 16.0 Å². The minimum Gasteiger partial charge on any atom is -0.461 e. The van der Waals surface area contributed by atoms with Gasteiger partial charge in [0.05, 0.1) is 0 Å². The Hall–Kier alpha value is -0.840. The first-order valence-corrected chi connectivity index (χ1v) is 5.81. The molecule has 0 aliphatic heterocycles. The molecule has 0 saturated heterocycles. The lowest BCUT2D eigenvalue weighted by Gasteiger charge is -2.02. The number of carbonyl (C=O) groups excluding carboxylic acids is 1. The number of ether oxygens (including phenoxy) is 1. The molecular formula is C12H13IO2. The molecule has 0 amide bonds. The molecule has 0 saturated carbocycles. The maximum atomic E-state index is 11.2. The highest BCUT2D eigenvalue weighted by Gasteiger charge is 2.02. The van der Waals surface area contributed by atoms with Crippen molar-refractivity contribution in [2.24, 2.45) is 0 Å². The lowest BCUT2D eigenvalue weighted by Crippen LogP contribution is -2.05. The minimum absolute atomic E-state index is 0.173. The molecule has 0 bridgehead atoms. The largest absolute Gasteiger partial charge is 0.461 e. The van der Waals surface area contributed by atoms with E-state index in [-0.39, 0.29) is 5.97 Å². The first-order valence-electron chi connectivity index (χ1n) is 4.73. The van der Waals surface area contributed by atoms with Gasteiger partial charge in [-0.2, -0.15) is 0 Å². The lowest BCUT2D eigenvalue weighted by molar-refractivity contribution is -0.142. The van der Waals surface area contributed by atoms with E-state index in [0.29, 0.717) is 13.0 Å².